The number of nitrogen functional groups attached to an aromatic ring is 1. The van der Waals surface area contributed by atoms with E-state index in [0.29, 0.717) is 6.54 Å². The molecule has 0 saturated carbocycles. The molecule has 0 radical (unpaired) electrons. The molecule has 8 nitrogen and oxygen atoms in total. The van der Waals surface area contributed by atoms with Crippen molar-refractivity contribution in [2.24, 2.45) is 14.1 Å². The smallest absolute Gasteiger partial charge is 0.332 e. The van der Waals surface area contributed by atoms with E-state index in [1.54, 1.807) is 29.5 Å². The molecule has 0 aliphatic heterocycles. The average molecular weight is 337 g/mol. The Morgan fingerprint density at radius 3 is 2.57 bits per heavy atom. The summed E-state index contributed by atoms with van der Waals surface area (Å²) in [6.45, 7) is 2.48. The Morgan fingerprint density at radius 2 is 2.00 bits per heavy atom. The molecule has 0 amide bonds. The van der Waals surface area contributed by atoms with Gasteiger partial charge in [0.25, 0.3) is 5.56 Å². The standard InChI is InChI=1S/C14H19N5O3S/c1-8-16-5-9(23-8)6-17(2)7-10(20)11-12(15)18(3)14(22)19(4)13(11)21/h5H,6-7,15H2,1-4H3. The fourth-order valence-corrected chi connectivity index (χ4v) is 3.12. The molecule has 0 unspecified atom stereocenters. The highest BCUT2D eigenvalue weighted by atomic mass is 32.1. The van der Waals surface area contributed by atoms with Crippen molar-refractivity contribution in [3.8, 4) is 0 Å². The lowest BCUT2D eigenvalue weighted by Gasteiger charge is -2.16. The van der Waals surface area contributed by atoms with Crippen LogP contribution in [0.2, 0.25) is 0 Å². The van der Waals surface area contributed by atoms with Gasteiger partial charge in [0.2, 0.25) is 0 Å². The zero-order valence-corrected chi connectivity index (χ0v) is 14.3. The number of Topliss-reactive ketones (excluding diaryl/α,β-unsaturated/α-hetero) is 1. The molecule has 0 saturated heterocycles. The van der Waals surface area contributed by atoms with E-state index in [1.165, 1.54) is 14.1 Å². The van der Waals surface area contributed by atoms with Gasteiger partial charge in [0.1, 0.15) is 11.4 Å². The summed E-state index contributed by atoms with van der Waals surface area (Å²) in [4.78, 5) is 43.4. The summed E-state index contributed by atoms with van der Waals surface area (Å²) >= 11 is 1.55. The lowest BCUT2D eigenvalue weighted by Crippen LogP contribution is -2.43. The third-order valence-electron chi connectivity index (χ3n) is 3.50. The first-order chi connectivity index (χ1) is 10.7. The van der Waals surface area contributed by atoms with Gasteiger partial charge >= 0.3 is 5.69 Å². The molecule has 124 valence electrons. The predicted molar refractivity (Wildman–Crippen MR) is 88.9 cm³/mol. The number of aromatic nitrogens is 3. The highest BCUT2D eigenvalue weighted by Gasteiger charge is 2.21. The van der Waals surface area contributed by atoms with Crippen LogP contribution in [0.15, 0.2) is 15.8 Å². The van der Waals surface area contributed by atoms with Crippen LogP contribution >= 0.6 is 11.3 Å². The molecule has 2 aromatic heterocycles. The number of carbonyl (C=O) groups is 1. The average Bonchev–Trinajstić information content (AvgIpc) is 2.88. The second kappa shape index (κ2) is 6.47. The minimum Gasteiger partial charge on any atom is -0.384 e. The van der Waals surface area contributed by atoms with Crippen LogP contribution < -0.4 is 17.0 Å². The molecule has 9 heteroatoms. The zero-order valence-electron chi connectivity index (χ0n) is 13.5. The Labute approximate surface area is 136 Å². The Hall–Kier alpha value is -2.26. The summed E-state index contributed by atoms with van der Waals surface area (Å²) in [6, 6.07) is 0. The Bertz CT molecular complexity index is 864. The van der Waals surface area contributed by atoms with Crippen LogP contribution in [0, 0.1) is 6.92 Å². The number of nitrogens with two attached hydrogens (primary N) is 1. The number of hydrogen-bond acceptors (Lipinski definition) is 7. The minimum absolute atomic E-state index is 0.0224. The Kier molecular flexibility index (Phi) is 4.81. The van der Waals surface area contributed by atoms with E-state index in [9.17, 15) is 14.4 Å². The fraction of sp³-hybridized carbons (Fsp3) is 0.429. The number of ketones is 1. The summed E-state index contributed by atoms with van der Waals surface area (Å²) in [6.07, 6.45) is 1.76. The van der Waals surface area contributed by atoms with Gasteiger partial charge in [-0.1, -0.05) is 0 Å². The van der Waals surface area contributed by atoms with Crippen LogP contribution in [0.1, 0.15) is 20.2 Å². The number of thiazole rings is 1. The second-order valence-corrected chi connectivity index (χ2v) is 6.73. The van der Waals surface area contributed by atoms with Gasteiger partial charge in [0.05, 0.1) is 11.6 Å². The molecule has 0 aromatic carbocycles. The van der Waals surface area contributed by atoms with Crippen molar-refractivity contribution in [1.29, 1.82) is 0 Å². The van der Waals surface area contributed by atoms with Gasteiger partial charge in [-0.05, 0) is 14.0 Å². The summed E-state index contributed by atoms with van der Waals surface area (Å²) in [5.41, 5.74) is 4.41. The molecule has 23 heavy (non-hydrogen) atoms. The molecule has 2 N–H and O–H groups in total. The predicted octanol–water partition coefficient (Wildman–Crippen LogP) is -0.254. The van der Waals surface area contributed by atoms with Crippen LogP contribution in [0.4, 0.5) is 5.82 Å². The van der Waals surface area contributed by atoms with E-state index >= 15 is 0 Å². The van der Waals surface area contributed by atoms with Crippen LogP contribution in [0.3, 0.4) is 0 Å². The molecule has 0 spiro atoms. The SMILES string of the molecule is Cc1ncc(CN(C)CC(=O)c2c(N)n(C)c(=O)n(C)c2=O)s1. The Balaban J connectivity index is 2.24. The highest BCUT2D eigenvalue weighted by Crippen LogP contribution is 2.14. The third kappa shape index (κ3) is 3.40. The number of hydrogen-bond donors (Lipinski definition) is 1. The molecule has 0 aliphatic carbocycles. The maximum Gasteiger partial charge on any atom is 0.332 e. The van der Waals surface area contributed by atoms with Crippen LogP contribution in [0.5, 0.6) is 0 Å². The first-order valence-corrected chi connectivity index (χ1v) is 7.72. The van der Waals surface area contributed by atoms with Gasteiger partial charge in [-0.2, -0.15) is 0 Å². The summed E-state index contributed by atoms with van der Waals surface area (Å²) < 4.78 is 1.98. The maximum absolute atomic E-state index is 12.4. The first kappa shape index (κ1) is 17.1. The van der Waals surface area contributed by atoms with Crippen molar-refractivity contribution in [2.75, 3.05) is 19.3 Å². The highest BCUT2D eigenvalue weighted by molar-refractivity contribution is 7.11. The van der Waals surface area contributed by atoms with Crippen LogP contribution in [0.25, 0.3) is 0 Å². The number of nitrogens with zero attached hydrogens (tertiary/aromatic N) is 4. The van der Waals surface area contributed by atoms with Gasteiger partial charge in [-0.25, -0.2) is 9.78 Å². The quantitative estimate of drug-likeness (QED) is 0.755. The minimum atomic E-state index is -0.669. The Morgan fingerprint density at radius 1 is 1.35 bits per heavy atom. The third-order valence-corrected chi connectivity index (χ3v) is 4.39. The number of likely N-dealkylation sites (N-methyl/N-ethyl adjacent to an activating group) is 1. The molecule has 2 heterocycles. The van der Waals surface area contributed by atoms with Crippen LogP contribution in [-0.2, 0) is 20.6 Å². The van der Waals surface area contributed by atoms with Gasteiger partial charge in [0, 0.05) is 31.7 Å². The molecule has 2 rings (SSSR count). The van der Waals surface area contributed by atoms with Crippen molar-refractivity contribution in [1.82, 2.24) is 19.0 Å². The van der Waals surface area contributed by atoms with E-state index < -0.39 is 17.0 Å². The number of aryl methyl sites for hydroxylation is 1. The summed E-state index contributed by atoms with van der Waals surface area (Å²) in [5.74, 6) is -0.521. The zero-order chi connectivity index (χ0) is 17.3. The van der Waals surface area contributed by atoms with E-state index in [0.717, 1.165) is 19.0 Å². The van der Waals surface area contributed by atoms with Crippen molar-refractivity contribution in [3.63, 3.8) is 0 Å². The molecule has 0 fully saturated rings. The van der Waals surface area contributed by atoms with Crippen LogP contribution in [-0.4, -0.2) is 38.4 Å². The van der Waals surface area contributed by atoms with Crippen molar-refractivity contribution >= 4 is 22.9 Å². The van der Waals surface area contributed by atoms with Gasteiger partial charge in [-0.15, -0.1) is 11.3 Å². The number of anilines is 1. The molecule has 0 atom stereocenters. The normalized spacial score (nSPS) is 11.2. The molecule has 2 aromatic rings. The van der Waals surface area contributed by atoms with Crippen molar-refractivity contribution in [2.45, 2.75) is 13.5 Å². The van der Waals surface area contributed by atoms with Gasteiger partial charge in [-0.3, -0.25) is 23.6 Å². The molecular formula is C14H19N5O3S. The fourth-order valence-electron chi connectivity index (χ4n) is 2.25. The van der Waals surface area contributed by atoms with E-state index in [1.807, 2.05) is 6.92 Å². The van der Waals surface area contributed by atoms with Gasteiger partial charge < -0.3 is 5.73 Å². The summed E-state index contributed by atoms with van der Waals surface area (Å²) in [7, 11) is 4.53. The number of rotatable bonds is 5. The first-order valence-electron chi connectivity index (χ1n) is 6.91. The molecular weight excluding hydrogens is 318 g/mol. The number of carbonyl (C=O) groups excluding carboxylic acids is 1. The van der Waals surface area contributed by atoms with E-state index in [4.69, 9.17) is 5.73 Å². The van der Waals surface area contributed by atoms with Gasteiger partial charge in [0.15, 0.2) is 5.78 Å². The van der Waals surface area contributed by atoms with E-state index in [2.05, 4.69) is 4.98 Å². The second-order valence-electron chi connectivity index (χ2n) is 5.41. The largest absolute Gasteiger partial charge is 0.384 e. The topological polar surface area (TPSA) is 103 Å². The van der Waals surface area contributed by atoms with E-state index in [-0.39, 0.29) is 17.9 Å². The summed E-state index contributed by atoms with van der Waals surface area (Å²) in [5, 5.41) is 0.955. The lowest BCUT2D eigenvalue weighted by atomic mass is 10.2. The molecule has 0 bridgehead atoms. The maximum atomic E-state index is 12.4. The monoisotopic (exact) mass is 337 g/mol. The lowest BCUT2D eigenvalue weighted by molar-refractivity contribution is 0.0941. The molecule has 0 aliphatic rings. The van der Waals surface area contributed by atoms with Crippen molar-refractivity contribution < 1.29 is 4.79 Å². The van der Waals surface area contributed by atoms with Crippen molar-refractivity contribution in [3.05, 3.63) is 42.5 Å².